The highest BCUT2D eigenvalue weighted by Crippen LogP contribution is 2.39. The van der Waals surface area contributed by atoms with Gasteiger partial charge in [-0.1, -0.05) is 24.3 Å². The van der Waals surface area contributed by atoms with Gasteiger partial charge in [0.2, 0.25) is 5.91 Å². The Morgan fingerprint density at radius 2 is 2.00 bits per heavy atom. The molecule has 2 aliphatic rings. The fourth-order valence-electron chi connectivity index (χ4n) is 5.20. The molecule has 4 N–H and O–H groups in total. The minimum Gasteiger partial charge on any atom is -0.387 e. The summed E-state index contributed by atoms with van der Waals surface area (Å²) in [7, 11) is 1.53. The average molecular weight is 497 g/mol. The van der Waals surface area contributed by atoms with Gasteiger partial charge in [-0.25, -0.2) is 4.39 Å². The number of nitrogens with one attached hydrogen (secondary N) is 3. The van der Waals surface area contributed by atoms with Crippen molar-refractivity contribution in [2.45, 2.75) is 63.3 Å². The van der Waals surface area contributed by atoms with Gasteiger partial charge in [-0.3, -0.25) is 19.9 Å². The van der Waals surface area contributed by atoms with E-state index in [1.807, 2.05) is 38.1 Å². The van der Waals surface area contributed by atoms with Crippen LogP contribution in [-0.4, -0.2) is 52.6 Å². The monoisotopic (exact) mass is 496 g/mol. The third-order valence-electron chi connectivity index (χ3n) is 6.85. The van der Waals surface area contributed by atoms with E-state index in [1.165, 1.54) is 24.1 Å². The van der Waals surface area contributed by atoms with Gasteiger partial charge in [0.15, 0.2) is 5.96 Å². The summed E-state index contributed by atoms with van der Waals surface area (Å²) in [4.78, 5) is 27.6. The molecule has 192 valence electrons. The maximum absolute atomic E-state index is 14.8. The van der Waals surface area contributed by atoms with Gasteiger partial charge < -0.3 is 20.5 Å². The summed E-state index contributed by atoms with van der Waals surface area (Å²) in [6.07, 6.45) is 0.865. The van der Waals surface area contributed by atoms with Gasteiger partial charge in [-0.05, 0) is 62.1 Å². The molecule has 1 aliphatic carbocycles. The van der Waals surface area contributed by atoms with Crippen LogP contribution in [0.1, 0.15) is 72.7 Å². The largest absolute Gasteiger partial charge is 0.387 e. The van der Waals surface area contributed by atoms with Crippen molar-refractivity contribution in [1.29, 1.82) is 5.41 Å². The van der Waals surface area contributed by atoms with Crippen LogP contribution in [0.5, 0.6) is 0 Å². The van der Waals surface area contributed by atoms with E-state index >= 15 is 0 Å². The smallest absolute Gasteiger partial charge is 0.251 e. The van der Waals surface area contributed by atoms with Crippen molar-refractivity contribution in [1.82, 2.24) is 15.5 Å². The zero-order chi connectivity index (χ0) is 26.3. The van der Waals surface area contributed by atoms with E-state index in [2.05, 4.69) is 10.6 Å². The number of methoxy groups -OCH3 is 1. The van der Waals surface area contributed by atoms with Crippen LogP contribution in [0.2, 0.25) is 0 Å². The SMILES string of the molecule is COCCC(c1cc(F)cc(C(=O)N[C@@H]2c3ccccc3C[C@@]2(C)O)c1)N1C(=N)NC(C)(C)CC1=O. The van der Waals surface area contributed by atoms with Gasteiger partial charge in [0.25, 0.3) is 5.91 Å². The lowest BCUT2D eigenvalue weighted by molar-refractivity contribution is -0.132. The van der Waals surface area contributed by atoms with E-state index in [-0.39, 0.29) is 30.5 Å². The molecule has 1 unspecified atom stereocenters. The van der Waals surface area contributed by atoms with Crippen LogP contribution in [0.3, 0.4) is 0 Å². The topological polar surface area (TPSA) is 115 Å². The maximum atomic E-state index is 14.8. The molecule has 0 bridgehead atoms. The average Bonchev–Trinajstić information content (AvgIpc) is 3.03. The molecule has 36 heavy (non-hydrogen) atoms. The molecule has 9 heteroatoms. The number of carbonyl (C=O) groups is 2. The van der Waals surface area contributed by atoms with Crippen molar-refractivity contribution < 1.29 is 23.8 Å². The van der Waals surface area contributed by atoms with Gasteiger partial charge in [0, 0.05) is 37.7 Å². The molecule has 4 rings (SSSR count). The van der Waals surface area contributed by atoms with Crippen LogP contribution in [0, 0.1) is 11.2 Å². The van der Waals surface area contributed by atoms with Crippen LogP contribution in [0.25, 0.3) is 0 Å². The molecule has 3 atom stereocenters. The summed E-state index contributed by atoms with van der Waals surface area (Å²) in [5, 5.41) is 25.3. The summed E-state index contributed by atoms with van der Waals surface area (Å²) in [5.74, 6) is -1.52. The van der Waals surface area contributed by atoms with Crippen LogP contribution >= 0.6 is 0 Å². The Balaban J connectivity index is 1.65. The summed E-state index contributed by atoms with van der Waals surface area (Å²) >= 11 is 0. The lowest BCUT2D eigenvalue weighted by Crippen LogP contribution is -2.60. The van der Waals surface area contributed by atoms with E-state index in [0.717, 1.165) is 17.2 Å². The van der Waals surface area contributed by atoms with E-state index in [1.54, 1.807) is 6.92 Å². The van der Waals surface area contributed by atoms with E-state index in [0.29, 0.717) is 18.4 Å². The maximum Gasteiger partial charge on any atom is 0.251 e. The number of guanidine groups is 1. The Kier molecular flexibility index (Phi) is 6.90. The number of hydrogen-bond acceptors (Lipinski definition) is 5. The highest BCUT2D eigenvalue weighted by Gasteiger charge is 2.42. The minimum absolute atomic E-state index is 0.0666. The Labute approximate surface area is 210 Å². The van der Waals surface area contributed by atoms with Gasteiger partial charge in [-0.2, -0.15) is 0 Å². The summed E-state index contributed by atoms with van der Waals surface area (Å²) < 4.78 is 20.0. The molecule has 1 heterocycles. The first kappa shape index (κ1) is 25.8. The Bertz CT molecular complexity index is 1180. The number of amides is 2. The highest BCUT2D eigenvalue weighted by atomic mass is 19.1. The number of rotatable bonds is 7. The van der Waals surface area contributed by atoms with Crippen LogP contribution < -0.4 is 10.6 Å². The number of aliphatic hydroxyl groups is 1. The Hall–Kier alpha value is -3.30. The molecule has 0 spiro atoms. The standard InChI is InChI=1S/C27H33FN4O4/c1-26(2)15-22(33)32(25(29)31-26)21(9-10-36-4)17-11-18(13-19(28)12-17)24(34)30-23-20-8-6-5-7-16(20)14-27(23,3)35/h5-8,11-13,21,23,35H,9-10,14-15H2,1-4H3,(H2,29,31)(H,30,34)/t21?,23-,27-/m1/s1. The van der Waals surface area contributed by atoms with Gasteiger partial charge >= 0.3 is 0 Å². The predicted octanol–water partition coefficient (Wildman–Crippen LogP) is 3.22. The minimum atomic E-state index is -1.19. The van der Waals surface area contributed by atoms with Gasteiger partial charge in [0.05, 0.1) is 17.7 Å². The number of benzene rings is 2. The number of ether oxygens (including phenoxy) is 1. The fraction of sp³-hybridized carbons (Fsp3) is 0.444. The Morgan fingerprint density at radius 1 is 1.28 bits per heavy atom. The zero-order valence-electron chi connectivity index (χ0n) is 21.0. The summed E-state index contributed by atoms with van der Waals surface area (Å²) in [6.45, 7) is 5.60. The molecule has 2 aromatic rings. The molecule has 8 nitrogen and oxygen atoms in total. The first-order valence-corrected chi connectivity index (χ1v) is 12.0. The number of carbonyl (C=O) groups excluding carboxylic acids is 2. The second-order valence-corrected chi connectivity index (χ2v) is 10.5. The van der Waals surface area contributed by atoms with Crippen molar-refractivity contribution in [3.63, 3.8) is 0 Å². The van der Waals surface area contributed by atoms with Crippen molar-refractivity contribution in [3.8, 4) is 0 Å². The second-order valence-electron chi connectivity index (χ2n) is 10.5. The number of hydrogen-bond donors (Lipinski definition) is 4. The van der Waals surface area contributed by atoms with Crippen LogP contribution in [0.4, 0.5) is 4.39 Å². The third kappa shape index (κ3) is 5.12. The number of halogens is 1. The predicted molar refractivity (Wildman–Crippen MR) is 133 cm³/mol. The van der Waals surface area contributed by atoms with Crippen LogP contribution in [0.15, 0.2) is 42.5 Å². The van der Waals surface area contributed by atoms with Crippen molar-refractivity contribution >= 4 is 17.8 Å². The molecule has 2 aromatic carbocycles. The third-order valence-corrected chi connectivity index (χ3v) is 6.85. The first-order valence-electron chi connectivity index (χ1n) is 12.0. The van der Waals surface area contributed by atoms with E-state index < -0.39 is 34.9 Å². The normalized spacial score (nSPS) is 23.7. The highest BCUT2D eigenvalue weighted by molar-refractivity contribution is 5.99. The molecule has 2 amide bonds. The lowest BCUT2D eigenvalue weighted by atomic mass is 9.93. The zero-order valence-corrected chi connectivity index (χ0v) is 21.0. The molecule has 0 saturated carbocycles. The van der Waals surface area contributed by atoms with Gasteiger partial charge in [0.1, 0.15) is 5.82 Å². The molecular formula is C27H33FN4O4. The molecule has 1 fully saturated rings. The molecule has 1 saturated heterocycles. The molecule has 0 aromatic heterocycles. The number of fused-ring (bicyclic) bond motifs is 1. The lowest BCUT2D eigenvalue weighted by Gasteiger charge is -2.42. The van der Waals surface area contributed by atoms with E-state index in [9.17, 15) is 19.1 Å². The Morgan fingerprint density at radius 3 is 2.69 bits per heavy atom. The van der Waals surface area contributed by atoms with Crippen molar-refractivity contribution in [2.75, 3.05) is 13.7 Å². The fourth-order valence-corrected chi connectivity index (χ4v) is 5.20. The van der Waals surface area contributed by atoms with Crippen molar-refractivity contribution in [2.24, 2.45) is 0 Å². The summed E-state index contributed by atoms with van der Waals surface area (Å²) in [5.41, 5.74) is 0.464. The molecule has 0 radical (unpaired) electrons. The quantitative estimate of drug-likeness (QED) is 0.470. The second kappa shape index (κ2) is 9.63. The van der Waals surface area contributed by atoms with Crippen molar-refractivity contribution in [3.05, 3.63) is 70.5 Å². The molecule has 1 aliphatic heterocycles. The van der Waals surface area contributed by atoms with Gasteiger partial charge in [-0.15, -0.1) is 0 Å². The van der Waals surface area contributed by atoms with Crippen LogP contribution in [-0.2, 0) is 16.0 Å². The number of nitrogens with zero attached hydrogens (tertiary/aromatic N) is 1. The van der Waals surface area contributed by atoms with E-state index in [4.69, 9.17) is 10.1 Å². The first-order chi connectivity index (χ1) is 16.9. The molecular weight excluding hydrogens is 463 g/mol. The summed E-state index contributed by atoms with van der Waals surface area (Å²) in [6, 6.07) is 10.1.